The Morgan fingerprint density at radius 3 is 2.10 bits per heavy atom. The first-order valence-electron chi connectivity index (χ1n) is 7.02. The van der Waals surface area contributed by atoms with Crippen molar-refractivity contribution in [2.24, 2.45) is 0 Å². The third-order valence-corrected chi connectivity index (χ3v) is 2.75. The molecule has 0 saturated heterocycles. The van der Waals surface area contributed by atoms with Gasteiger partial charge in [-0.15, -0.1) is 0 Å². The molecular weight excluding hydrogens is 276 g/mol. The molecule has 0 bridgehead atoms. The average Bonchev–Trinajstić information content (AvgIpc) is 2.49. The van der Waals surface area contributed by atoms with Crippen molar-refractivity contribution in [3.8, 4) is 0 Å². The van der Waals surface area contributed by atoms with Gasteiger partial charge in [-0.2, -0.15) is 0 Å². The van der Waals surface area contributed by atoms with E-state index in [1.165, 1.54) is 0 Å². The fraction of sp³-hybridized carbons (Fsp3) is 0.643. The minimum absolute atomic E-state index is 0.0840. The smallest absolute Gasteiger partial charge is 0.220 e. The summed E-state index contributed by atoms with van der Waals surface area (Å²) in [7, 11) is 0. The van der Waals surface area contributed by atoms with Crippen LogP contribution in [0.15, 0.2) is 0 Å². The molecule has 0 aromatic carbocycles. The van der Waals surface area contributed by atoms with Crippen LogP contribution in [-0.2, 0) is 24.0 Å². The molecule has 118 valence electrons. The summed E-state index contributed by atoms with van der Waals surface area (Å²) in [6.07, 6.45) is 4.49. The molecule has 21 heavy (non-hydrogen) atoms. The van der Waals surface area contributed by atoms with Crippen LogP contribution in [0.3, 0.4) is 0 Å². The van der Waals surface area contributed by atoms with E-state index in [0.29, 0.717) is 44.7 Å². The molecule has 2 amide bonds. The molecule has 0 fully saturated rings. The number of carbonyl (C=O) groups excluding carboxylic acids is 5. The third-order valence-electron chi connectivity index (χ3n) is 2.75. The first-order chi connectivity index (χ1) is 10.1. The summed E-state index contributed by atoms with van der Waals surface area (Å²) >= 11 is 0. The second-order valence-corrected chi connectivity index (χ2v) is 4.57. The van der Waals surface area contributed by atoms with Crippen molar-refractivity contribution in [2.75, 3.05) is 6.54 Å². The number of hydrogen-bond donors (Lipinski definition) is 2. The van der Waals surface area contributed by atoms with Gasteiger partial charge in [0, 0.05) is 32.2 Å². The molecule has 0 heterocycles. The Kier molecular flexibility index (Phi) is 11.7. The van der Waals surface area contributed by atoms with Crippen LogP contribution in [0.4, 0.5) is 0 Å². The quantitative estimate of drug-likeness (QED) is 0.365. The molecule has 0 rings (SSSR count). The van der Waals surface area contributed by atoms with Crippen LogP contribution < -0.4 is 10.6 Å². The zero-order valence-corrected chi connectivity index (χ0v) is 12.0. The Morgan fingerprint density at radius 2 is 1.52 bits per heavy atom. The average molecular weight is 298 g/mol. The fourth-order valence-electron chi connectivity index (χ4n) is 1.64. The maximum atomic E-state index is 11.3. The van der Waals surface area contributed by atoms with E-state index in [4.69, 9.17) is 0 Å². The highest BCUT2D eigenvalue weighted by atomic mass is 16.2. The van der Waals surface area contributed by atoms with Gasteiger partial charge in [0.05, 0.1) is 6.04 Å². The minimum atomic E-state index is -0.560. The Balaban J connectivity index is 3.69. The zero-order valence-electron chi connectivity index (χ0n) is 12.0. The standard InChI is InChI=1S/C14H22N2O5/c17-9-3-6-13(20)15-8-2-1-5-12(11-19)16-14(21)7-4-10-18/h9-12H,1-8H2,(H,15,20)(H,16,21). The number of unbranched alkanes of at least 4 members (excludes halogenated alkanes) is 1. The highest BCUT2D eigenvalue weighted by Crippen LogP contribution is 2.00. The first-order valence-corrected chi connectivity index (χ1v) is 7.02. The fourth-order valence-corrected chi connectivity index (χ4v) is 1.64. The van der Waals surface area contributed by atoms with E-state index in [1.807, 2.05) is 0 Å². The van der Waals surface area contributed by atoms with Gasteiger partial charge in [0.15, 0.2) is 0 Å². The molecule has 0 spiro atoms. The lowest BCUT2D eigenvalue weighted by atomic mass is 10.1. The molecular formula is C14H22N2O5. The van der Waals surface area contributed by atoms with Crippen molar-refractivity contribution >= 4 is 30.7 Å². The van der Waals surface area contributed by atoms with Crippen molar-refractivity contribution in [3.05, 3.63) is 0 Å². The maximum Gasteiger partial charge on any atom is 0.220 e. The van der Waals surface area contributed by atoms with E-state index < -0.39 is 6.04 Å². The van der Waals surface area contributed by atoms with Gasteiger partial charge >= 0.3 is 0 Å². The van der Waals surface area contributed by atoms with Crippen LogP contribution >= 0.6 is 0 Å². The lowest BCUT2D eigenvalue weighted by molar-refractivity contribution is -0.125. The van der Waals surface area contributed by atoms with Crippen molar-refractivity contribution in [2.45, 2.75) is 51.0 Å². The monoisotopic (exact) mass is 298 g/mol. The molecule has 1 unspecified atom stereocenters. The molecule has 7 nitrogen and oxygen atoms in total. The minimum Gasteiger partial charge on any atom is -0.356 e. The van der Waals surface area contributed by atoms with Gasteiger partial charge in [0.25, 0.3) is 0 Å². The van der Waals surface area contributed by atoms with Gasteiger partial charge < -0.3 is 25.0 Å². The Labute approximate surface area is 123 Å². The summed E-state index contributed by atoms with van der Waals surface area (Å²) < 4.78 is 0. The normalized spacial score (nSPS) is 11.2. The number of carbonyl (C=O) groups is 5. The van der Waals surface area contributed by atoms with Gasteiger partial charge in [-0.1, -0.05) is 0 Å². The maximum absolute atomic E-state index is 11.3. The molecule has 0 aliphatic heterocycles. The van der Waals surface area contributed by atoms with Crippen LogP contribution in [0.5, 0.6) is 0 Å². The number of amides is 2. The topological polar surface area (TPSA) is 109 Å². The highest BCUT2D eigenvalue weighted by Gasteiger charge is 2.10. The first kappa shape index (κ1) is 18.9. The van der Waals surface area contributed by atoms with E-state index >= 15 is 0 Å². The van der Waals surface area contributed by atoms with Crippen LogP contribution in [0.1, 0.15) is 44.9 Å². The molecule has 0 aromatic heterocycles. The van der Waals surface area contributed by atoms with Crippen molar-refractivity contribution in [1.82, 2.24) is 10.6 Å². The van der Waals surface area contributed by atoms with E-state index in [1.54, 1.807) is 0 Å². The van der Waals surface area contributed by atoms with E-state index in [0.717, 1.165) is 0 Å². The number of aldehydes is 3. The number of hydrogen-bond acceptors (Lipinski definition) is 5. The number of nitrogens with one attached hydrogen (secondary N) is 2. The molecule has 0 aromatic rings. The van der Waals surface area contributed by atoms with Crippen molar-refractivity contribution in [3.63, 3.8) is 0 Å². The second kappa shape index (κ2) is 13.0. The van der Waals surface area contributed by atoms with Gasteiger partial charge in [-0.3, -0.25) is 9.59 Å². The molecule has 2 N–H and O–H groups in total. The van der Waals surface area contributed by atoms with E-state index in [-0.39, 0.29) is 37.5 Å². The summed E-state index contributed by atoms with van der Waals surface area (Å²) in [6, 6.07) is -0.560. The second-order valence-electron chi connectivity index (χ2n) is 4.57. The SMILES string of the molecule is O=CCCC(=O)NCCCCC(C=O)NC(=O)CCC=O. The third kappa shape index (κ3) is 11.5. The van der Waals surface area contributed by atoms with Gasteiger partial charge in [-0.25, -0.2) is 0 Å². The number of rotatable bonds is 13. The molecule has 0 aliphatic rings. The molecule has 1 atom stereocenters. The molecule has 0 radical (unpaired) electrons. The van der Waals surface area contributed by atoms with Crippen LogP contribution in [-0.4, -0.2) is 43.3 Å². The summed E-state index contributed by atoms with van der Waals surface area (Å²) in [4.78, 5) is 53.5. The Hall–Kier alpha value is -2.05. The predicted molar refractivity (Wildman–Crippen MR) is 75.5 cm³/mol. The Morgan fingerprint density at radius 1 is 0.905 bits per heavy atom. The molecule has 0 saturated carbocycles. The van der Waals surface area contributed by atoms with Crippen LogP contribution in [0.25, 0.3) is 0 Å². The molecule has 7 heteroatoms. The predicted octanol–water partition coefficient (Wildman–Crippen LogP) is -0.0852. The molecule has 0 aliphatic carbocycles. The van der Waals surface area contributed by atoms with Gasteiger partial charge in [-0.05, 0) is 19.3 Å². The zero-order chi connectivity index (χ0) is 15.9. The summed E-state index contributed by atoms with van der Waals surface area (Å²) in [5.74, 6) is -0.488. The largest absolute Gasteiger partial charge is 0.356 e. The Bertz CT molecular complexity index is 357. The highest BCUT2D eigenvalue weighted by molar-refractivity contribution is 5.81. The summed E-state index contributed by atoms with van der Waals surface area (Å²) in [5.41, 5.74) is 0. The van der Waals surface area contributed by atoms with Gasteiger partial charge in [0.1, 0.15) is 18.9 Å². The lowest BCUT2D eigenvalue weighted by Gasteiger charge is -2.12. The van der Waals surface area contributed by atoms with E-state index in [2.05, 4.69) is 10.6 Å². The van der Waals surface area contributed by atoms with Crippen LogP contribution in [0.2, 0.25) is 0 Å². The lowest BCUT2D eigenvalue weighted by Crippen LogP contribution is -2.36. The van der Waals surface area contributed by atoms with Crippen molar-refractivity contribution < 1.29 is 24.0 Å². The summed E-state index contributed by atoms with van der Waals surface area (Å²) in [5, 5.41) is 5.20. The van der Waals surface area contributed by atoms with Gasteiger partial charge in [0.2, 0.25) is 11.8 Å². The van der Waals surface area contributed by atoms with Crippen molar-refractivity contribution in [1.29, 1.82) is 0 Å². The summed E-state index contributed by atoms with van der Waals surface area (Å²) in [6.45, 7) is 0.475. The van der Waals surface area contributed by atoms with Crippen LogP contribution in [0, 0.1) is 0 Å². The van der Waals surface area contributed by atoms with E-state index in [9.17, 15) is 24.0 Å².